The molecule has 1 aliphatic heterocycles. The summed E-state index contributed by atoms with van der Waals surface area (Å²) in [6.45, 7) is 5.46. The van der Waals surface area contributed by atoms with Crippen LogP contribution >= 0.6 is 0 Å². The maximum Gasteiger partial charge on any atom is 0.248 e. The molecule has 0 unspecified atom stereocenters. The van der Waals surface area contributed by atoms with Gasteiger partial charge >= 0.3 is 0 Å². The number of sulfonamides is 1. The number of benzene rings is 2. The van der Waals surface area contributed by atoms with Crippen LogP contribution in [0.5, 0.6) is 5.75 Å². The van der Waals surface area contributed by atoms with E-state index < -0.39 is 10.0 Å². The Morgan fingerprint density at radius 2 is 1.81 bits per heavy atom. The van der Waals surface area contributed by atoms with Crippen molar-refractivity contribution in [3.8, 4) is 5.75 Å². The van der Waals surface area contributed by atoms with Crippen molar-refractivity contribution in [2.75, 3.05) is 30.4 Å². The highest BCUT2D eigenvalue weighted by atomic mass is 32.2. The molecule has 0 atom stereocenters. The van der Waals surface area contributed by atoms with Gasteiger partial charge in [0.15, 0.2) is 0 Å². The Morgan fingerprint density at radius 1 is 1.09 bits per heavy atom. The van der Waals surface area contributed by atoms with Gasteiger partial charge in [0.25, 0.3) is 0 Å². The highest BCUT2D eigenvalue weighted by Gasteiger charge is 2.21. The monoisotopic (exact) mass is 457 g/mol. The van der Waals surface area contributed by atoms with Crippen LogP contribution in [0.4, 0.5) is 11.4 Å². The van der Waals surface area contributed by atoms with Gasteiger partial charge in [-0.15, -0.1) is 0 Å². The standard InChI is InChI=1S/C24H31N3O4S/c1-18(2)26-32(29,30)23-17-19(11-13-22(23)31-3)12-14-24(28)25-20-9-5-6-10-21(20)27-15-7-4-8-16-27/h5-6,9-14,17-18,26H,4,7-8,15-16H2,1-3H3,(H,25,28)/b14-12+. The second-order valence-electron chi connectivity index (χ2n) is 8.07. The lowest BCUT2D eigenvalue weighted by molar-refractivity contribution is -0.111. The van der Waals surface area contributed by atoms with Gasteiger partial charge in [-0.3, -0.25) is 4.79 Å². The minimum Gasteiger partial charge on any atom is -0.495 e. The number of carbonyl (C=O) groups excluding carboxylic acids is 1. The van der Waals surface area contributed by atoms with E-state index in [1.807, 2.05) is 24.3 Å². The molecule has 0 saturated carbocycles. The molecule has 2 N–H and O–H groups in total. The van der Waals surface area contributed by atoms with Crippen molar-refractivity contribution in [2.45, 2.75) is 44.0 Å². The van der Waals surface area contributed by atoms with Gasteiger partial charge in [-0.25, -0.2) is 13.1 Å². The molecular weight excluding hydrogens is 426 g/mol. The lowest BCUT2D eigenvalue weighted by Crippen LogP contribution is -2.30. The molecule has 0 aliphatic carbocycles. The zero-order valence-corrected chi connectivity index (χ0v) is 19.6. The fourth-order valence-corrected chi connectivity index (χ4v) is 5.17. The van der Waals surface area contributed by atoms with Crippen molar-refractivity contribution in [3.63, 3.8) is 0 Å². The molecule has 0 aromatic heterocycles. The first-order chi connectivity index (χ1) is 15.3. The van der Waals surface area contributed by atoms with Gasteiger partial charge in [-0.1, -0.05) is 18.2 Å². The maximum absolute atomic E-state index is 12.6. The topological polar surface area (TPSA) is 87.7 Å². The summed E-state index contributed by atoms with van der Waals surface area (Å²) in [6.07, 6.45) is 6.53. The highest BCUT2D eigenvalue weighted by molar-refractivity contribution is 7.89. The average Bonchev–Trinajstić information content (AvgIpc) is 2.77. The molecule has 2 aromatic carbocycles. The van der Waals surface area contributed by atoms with E-state index in [1.165, 1.54) is 25.7 Å². The molecule has 0 spiro atoms. The van der Waals surface area contributed by atoms with Crippen molar-refractivity contribution in [2.24, 2.45) is 0 Å². The number of rotatable bonds is 8. The van der Waals surface area contributed by atoms with Crippen LogP contribution in [0.25, 0.3) is 6.08 Å². The molecule has 1 heterocycles. The number of hydrogen-bond acceptors (Lipinski definition) is 5. The van der Waals surface area contributed by atoms with Crippen LogP contribution in [-0.4, -0.2) is 40.6 Å². The number of carbonyl (C=O) groups is 1. The molecule has 2 aromatic rings. The molecule has 32 heavy (non-hydrogen) atoms. The predicted molar refractivity (Wildman–Crippen MR) is 129 cm³/mol. The smallest absolute Gasteiger partial charge is 0.248 e. The van der Waals surface area contributed by atoms with Crippen molar-refractivity contribution >= 4 is 33.4 Å². The quantitative estimate of drug-likeness (QED) is 0.585. The Kier molecular flexibility index (Phi) is 7.93. The first-order valence-electron chi connectivity index (χ1n) is 10.8. The Bertz CT molecular complexity index is 1070. The van der Waals surface area contributed by atoms with E-state index in [0.29, 0.717) is 5.56 Å². The predicted octanol–water partition coefficient (Wildman–Crippen LogP) is 4.02. The van der Waals surface area contributed by atoms with Gasteiger partial charge in [0.1, 0.15) is 10.6 Å². The first-order valence-corrected chi connectivity index (χ1v) is 12.3. The molecule has 0 radical (unpaired) electrons. The zero-order valence-electron chi connectivity index (χ0n) is 18.8. The van der Waals surface area contributed by atoms with E-state index in [2.05, 4.69) is 14.9 Å². The van der Waals surface area contributed by atoms with Crippen molar-refractivity contribution in [1.82, 2.24) is 4.72 Å². The zero-order chi connectivity index (χ0) is 23.1. The highest BCUT2D eigenvalue weighted by Crippen LogP contribution is 2.29. The first kappa shape index (κ1) is 23.8. The third kappa shape index (κ3) is 6.11. The van der Waals surface area contributed by atoms with Crippen LogP contribution in [0.15, 0.2) is 53.4 Å². The molecule has 7 nitrogen and oxygen atoms in total. The van der Waals surface area contributed by atoms with Crippen molar-refractivity contribution in [1.29, 1.82) is 0 Å². The number of piperidine rings is 1. The van der Waals surface area contributed by atoms with E-state index >= 15 is 0 Å². The normalized spacial score (nSPS) is 14.7. The third-order valence-electron chi connectivity index (χ3n) is 5.15. The molecular formula is C24H31N3O4S. The van der Waals surface area contributed by atoms with E-state index in [1.54, 1.807) is 32.1 Å². The van der Waals surface area contributed by atoms with Crippen LogP contribution in [0, 0.1) is 0 Å². The summed E-state index contributed by atoms with van der Waals surface area (Å²) in [7, 11) is -2.32. The lowest BCUT2D eigenvalue weighted by atomic mass is 10.1. The fourth-order valence-electron chi connectivity index (χ4n) is 3.72. The maximum atomic E-state index is 12.6. The third-order valence-corrected chi connectivity index (χ3v) is 6.83. The van der Waals surface area contributed by atoms with Gasteiger partial charge in [-0.2, -0.15) is 0 Å². The molecule has 0 bridgehead atoms. The Hall–Kier alpha value is -2.84. The summed E-state index contributed by atoms with van der Waals surface area (Å²) in [6, 6.07) is 12.3. The Balaban J connectivity index is 1.77. The fraction of sp³-hybridized carbons (Fsp3) is 0.375. The minimum atomic E-state index is -3.74. The number of para-hydroxylation sites is 2. The summed E-state index contributed by atoms with van der Waals surface area (Å²) in [4.78, 5) is 14.9. The van der Waals surface area contributed by atoms with Crippen LogP contribution in [0.2, 0.25) is 0 Å². The number of ether oxygens (including phenoxy) is 1. The Labute approximate surface area is 190 Å². The van der Waals surface area contributed by atoms with Crippen LogP contribution in [0.1, 0.15) is 38.7 Å². The number of methoxy groups -OCH3 is 1. The molecule has 1 fully saturated rings. The van der Waals surface area contributed by atoms with E-state index in [-0.39, 0.29) is 22.6 Å². The van der Waals surface area contributed by atoms with Gasteiger partial charge < -0.3 is 15.0 Å². The number of hydrogen-bond donors (Lipinski definition) is 2. The van der Waals surface area contributed by atoms with Gasteiger partial charge in [0.05, 0.1) is 18.5 Å². The SMILES string of the molecule is COc1ccc(/C=C/C(=O)Nc2ccccc2N2CCCCC2)cc1S(=O)(=O)NC(C)C. The van der Waals surface area contributed by atoms with Crippen molar-refractivity contribution < 1.29 is 17.9 Å². The van der Waals surface area contributed by atoms with Crippen molar-refractivity contribution in [3.05, 3.63) is 54.1 Å². The number of anilines is 2. The number of nitrogens with one attached hydrogen (secondary N) is 2. The molecule has 1 amide bonds. The molecule has 8 heteroatoms. The van der Waals surface area contributed by atoms with Crippen LogP contribution < -0.4 is 19.7 Å². The second-order valence-corrected chi connectivity index (χ2v) is 9.76. The summed E-state index contributed by atoms with van der Waals surface area (Å²) in [5.41, 5.74) is 2.36. The molecule has 172 valence electrons. The van der Waals surface area contributed by atoms with Crippen LogP contribution in [0.3, 0.4) is 0 Å². The van der Waals surface area contributed by atoms with Gasteiger partial charge in [0, 0.05) is 25.2 Å². The van der Waals surface area contributed by atoms with Gasteiger partial charge in [-0.05, 0) is 69.0 Å². The molecule has 1 aliphatic rings. The Morgan fingerprint density at radius 3 is 2.50 bits per heavy atom. The van der Waals surface area contributed by atoms with Crippen LogP contribution in [-0.2, 0) is 14.8 Å². The van der Waals surface area contributed by atoms with Gasteiger partial charge in [0.2, 0.25) is 15.9 Å². The van der Waals surface area contributed by atoms with E-state index in [0.717, 1.165) is 37.3 Å². The minimum absolute atomic E-state index is 0.0340. The summed E-state index contributed by atoms with van der Waals surface area (Å²) >= 11 is 0. The number of nitrogens with zero attached hydrogens (tertiary/aromatic N) is 1. The number of amides is 1. The largest absolute Gasteiger partial charge is 0.495 e. The average molecular weight is 458 g/mol. The summed E-state index contributed by atoms with van der Waals surface area (Å²) in [5.74, 6) is -0.0369. The molecule has 3 rings (SSSR count). The van der Waals surface area contributed by atoms with E-state index in [4.69, 9.17) is 4.74 Å². The lowest BCUT2D eigenvalue weighted by Gasteiger charge is -2.30. The summed E-state index contributed by atoms with van der Waals surface area (Å²) in [5, 5.41) is 2.95. The van der Waals surface area contributed by atoms with E-state index in [9.17, 15) is 13.2 Å². The second kappa shape index (κ2) is 10.7. The summed E-state index contributed by atoms with van der Waals surface area (Å²) < 4.78 is 33.1. The molecule has 1 saturated heterocycles.